The van der Waals surface area contributed by atoms with Crippen molar-refractivity contribution in [3.63, 3.8) is 0 Å². The summed E-state index contributed by atoms with van der Waals surface area (Å²) in [5.74, 6) is -4.81. The summed E-state index contributed by atoms with van der Waals surface area (Å²) in [5, 5.41) is 9.17. The number of carbonyl (C=O) groups is 1. The Morgan fingerprint density at radius 3 is 2.52 bits per heavy atom. The maximum Gasteiger partial charge on any atom is 0.337 e. The molecule has 4 nitrogen and oxygen atoms in total. The van der Waals surface area contributed by atoms with E-state index in [2.05, 4.69) is 4.98 Å². The molecule has 0 atom stereocenters. The Labute approximate surface area is 116 Å². The first kappa shape index (κ1) is 13.2. The standard InChI is InChI=1S/C14H7F3N2O2/c15-8-4-10(17)12(5-9(8)16)19-6-18-11-3-1-2-7(13(11)19)14(20)21/h1-6H,(H,20,21). The highest BCUT2D eigenvalue weighted by molar-refractivity contribution is 6.01. The average Bonchev–Trinajstić information content (AvgIpc) is 2.86. The summed E-state index contributed by atoms with van der Waals surface area (Å²) in [6.45, 7) is 0. The van der Waals surface area contributed by atoms with Gasteiger partial charge in [-0.15, -0.1) is 0 Å². The van der Waals surface area contributed by atoms with E-state index in [1.807, 2.05) is 0 Å². The van der Waals surface area contributed by atoms with Gasteiger partial charge in [0.05, 0.1) is 22.3 Å². The summed E-state index contributed by atoms with van der Waals surface area (Å²) < 4.78 is 41.2. The Morgan fingerprint density at radius 1 is 1.10 bits per heavy atom. The quantitative estimate of drug-likeness (QED) is 0.738. The normalized spacial score (nSPS) is 11.0. The number of aromatic carboxylic acids is 1. The minimum atomic E-state index is -1.32. The topological polar surface area (TPSA) is 55.1 Å². The molecule has 3 aromatic rings. The van der Waals surface area contributed by atoms with Crippen molar-refractivity contribution in [3.05, 3.63) is 59.7 Å². The minimum Gasteiger partial charge on any atom is -0.478 e. The molecular weight excluding hydrogens is 285 g/mol. The van der Waals surface area contributed by atoms with Crippen molar-refractivity contribution in [1.29, 1.82) is 0 Å². The molecule has 0 aliphatic carbocycles. The molecule has 1 heterocycles. The molecule has 0 saturated heterocycles. The van der Waals surface area contributed by atoms with Crippen LogP contribution in [0.15, 0.2) is 36.7 Å². The van der Waals surface area contributed by atoms with Gasteiger partial charge in [0.15, 0.2) is 11.6 Å². The molecule has 0 radical (unpaired) electrons. The first-order valence-corrected chi connectivity index (χ1v) is 5.83. The molecule has 0 fully saturated rings. The molecule has 3 rings (SSSR count). The summed E-state index contributed by atoms with van der Waals surface area (Å²) >= 11 is 0. The summed E-state index contributed by atoms with van der Waals surface area (Å²) in [7, 11) is 0. The van der Waals surface area contributed by atoms with Crippen LogP contribution in [-0.2, 0) is 0 Å². The molecule has 0 saturated carbocycles. The molecule has 106 valence electrons. The van der Waals surface area contributed by atoms with Gasteiger partial charge in [-0.2, -0.15) is 0 Å². The zero-order valence-corrected chi connectivity index (χ0v) is 10.3. The van der Waals surface area contributed by atoms with E-state index in [4.69, 9.17) is 0 Å². The number of para-hydroxylation sites is 1. The highest BCUT2D eigenvalue weighted by atomic mass is 19.2. The predicted octanol–water partition coefficient (Wildman–Crippen LogP) is 3.14. The Bertz CT molecular complexity index is 874. The molecule has 7 heteroatoms. The summed E-state index contributed by atoms with van der Waals surface area (Å²) in [6, 6.07) is 5.41. The lowest BCUT2D eigenvalue weighted by molar-refractivity contribution is 0.0698. The van der Waals surface area contributed by atoms with Crippen LogP contribution in [0, 0.1) is 17.5 Å². The first-order valence-electron chi connectivity index (χ1n) is 5.83. The van der Waals surface area contributed by atoms with Gasteiger partial charge in [0.25, 0.3) is 0 Å². The number of fused-ring (bicyclic) bond motifs is 1. The number of carboxylic acid groups (broad SMARTS) is 1. The van der Waals surface area contributed by atoms with Gasteiger partial charge in [0, 0.05) is 12.1 Å². The van der Waals surface area contributed by atoms with E-state index in [1.165, 1.54) is 18.2 Å². The van der Waals surface area contributed by atoms with Crippen LogP contribution in [0.3, 0.4) is 0 Å². The number of benzene rings is 2. The molecule has 0 amide bonds. The van der Waals surface area contributed by atoms with Crippen molar-refractivity contribution >= 4 is 17.0 Å². The maximum absolute atomic E-state index is 13.9. The van der Waals surface area contributed by atoms with Gasteiger partial charge in [-0.05, 0) is 12.1 Å². The van der Waals surface area contributed by atoms with Gasteiger partial charge in [-0.3, -0.25) is 4.57 Å². The Hall–Kier alpha value is -2.83. The number of nitrogens with zero attached hydrogens (tertiary/aromatic N) is 2. The Morgan fingerprint density at radius 2 is 1.81 bits per heavy atom. The van der Waals surface area contributed by atoms with Crippen LogP contribution in [0.2, 0.25) is 0 Å². The fraction of sp³-hybridized carbons (Fsp3) is 0. The Balaban J connectivity index is 2.36. The zero-order valence-electron chi connectivity index (χ0n) is 10.3. The number of aromatic nitrogens is 2. The fourth-order valence-electron chi connectivity index (χ4n) is 2.12. The predicted molar refractivity (Wildman–Crippen MR) is 67.9 cm³/mol. The van der Waals surface area contributed by atoms with Crippen molar-refractivity contribution in [3.8, 4) is 5.69 Å². The number of carboxylic acids is 1. The molecule has 1 N–H and O–H groups in total. The molecule has 21 heavy (non-hydrogen) atoms. The van der Waals surface area contributed by atoms with Crippen molar-refractivity contribution < 1.29 is 23.1 Å². The van der Waals surface area contributed by atoms with E-state index >= 15 is 0 Å². The van der Waals surface area contributed by atoms with Gasteiger partial charge >= 0.3 is 5.97 Å². The average molecular weight is 292 g/mol. The van der Waals surface area contributed by atoms with E-state index in [-0.39, 0.29) is 16.8 Å². The second-order valence-corrected chi connectivity index (χ2v) is 4.31. The molecule has 0 aliphatic rings. The lowest BCUT2D eigenvalue weighted by atomic mass is 10.1. The minimum absolute atomic E-state index is 0.106. The first-order chi connectivity index (χ1) is 9.99. The molecule has 2 aromatic carbocycles. The molecule has 1 aromatic heterocycles. The van der Waals surface area contributed by atoms with Crippen molar-refractivity contribution in [2.45, 2.75) is 0 Å². The van der Waals surface area contributed by atoms with E-state index in [0.717, 1.165) is 10.9 Å². The Kier molecular flexibility index (Phi) is 2.90. The second kappa shape index (κ2) is 4.62. The number of imidazole rings is 1. The van der Waals surface area contributed by atoms with Crippen LogP contribution in [0.4, 0.5) is 13.2 Å². The van der Waals surface area contributed by atoms with Gasteiger partial charge < -0.3 is 5.11 Å². The van der Waals surface area contributed by atoms with Crippen LogP contribution in [0.25, 0.3) is 16.7 Å². The molecule has 0 spiro atoms. The third-order valence-corrected chi connectivity index (χ3v) is 3.05. The number of halogens is 3. The number of rotatable bonds is 2. The van der Waals surface area contributed by atoms with E-state index in [1.54, 1.807) is 0 Å². The van der Waals surface area contributed by atoms with Crippen LogP contribution in [-0.4, -0.2) is 20.6 Å². The largest absolute Gasteiger partial charge is 0.478 e. The molecule has 0 bridgehead atoms. The second-order valence-electron chi connectivity index (χ2n) is 4.31. The maximum atomic E-state index is 13.9. The highest BCUT2D eigenvalue weighted by Gasteiger charge is 2.18. The molecule has 0 aliphatic heterocycles. The third-order valence-electron chi connectivity index (χ3n) is 3.05. The van der Waals surface area contributed by atoms with Crippen LogP contribution >= 0.6 is 0 Å². The SMILES string of the molecule is O=C(O)c1cccc2ncn(-c3cc(F)c(F)cc3F)c12. The highest BCUT2D eigenvalue weighted by Crippen LogP contribution is 2.25. The monoisotopic (exact) mass is 292 g/mol. The van der Waals surface area contributed by atoms with Gasteiger partial charge in [0.1, 0.15) is 12.1 Å². The fourth-order valence-corrected chi connectivity index (χ4v) is 2.12. The van der Waals surface area contributed by atoms with Crippen LogP contribution in [0.5, 0.6) is 0 Å². The van der Waals surface area contributed by atoms with Gasteiger partial charge in [-0.25, -0.2) is 22.9 Å². The summed E-state index contributed by atoms with van der Waals surface area (Å²) in [5.41, 5.74) is -0.0202. The van der Waals surface area contributed by atoms with E-state index < -0.39 is 23.4 Å². The number of hydrogen-bond donors (Lipinski definition) is 1. The zero-order chi connectivity index (χ0) is 15.1. The van der Waals surface area contributed by atoms with Crippen molar-refractivity contribution in [1.82, 2.24) is 9.55 Å². The van der Waals surface area contributed by atoms with Crippen molar-refractivity contribution in [2.24, 2.45) is 0 Å². The lowest BCUT2D eigenvalue weighted by Gasteiger charge is -2.08. The van der Waals surface area contributed by atoms with Crippen LogP contribution < -0.4 is 0 Å². The molecule has 0 unspecified atom stereocenters. The summed E-state index contributed by atoms with van der Waals surface area (Å²) in [6.07, 6.45) is 1.16. The summed E-state index contributed by atoms with van der Waals surface area (Å²) in [4.78, 5) is 15.2. The van der Waals surface area contributed by atoms with Gasteiger partial charge in [-0.1, -0.05) is 6.07 Å². The van der Waals surface area contributed by atoms with E-state index in [9.17, 15) is 23.1 Å². The van der Waals surface area contributed by atoms with Crippen LogP contribution in [0.1, 0.15) is 10.4 Å². The molecular formula is C14H7F3N2O2. The lowest BCUT2D eigenvalue weighted by Crippen LogP contribution is -2.04. The van der Waals surface area contributed by atoms with Crippen molar-refractivity contribution in [2.75, 3.05) is 0 Å². The number of hydrogen-bond acceptors (Lipinski definition) is 2. The smallest absolute Gasteiger partial charge is 0.337 e. The third kappa shape index (κ3) is 2.03. The van der Waals surface area contributed by atoms with E-state index in [0.29, 0.717) is 17.6 Å². The van der Waals surface area contributed by atoms with Gasteiger partial charge in [0.2, 0.25) is 0 Å².